The molecular formula is C10H14N2OS2. The molecule has 1 aliphatic heterocycles. The number of thioether (sulfide) groups is 2. The minimum Gasteiger partial charge on any atom is -0.293 e. The van der Waals surface area contributed by atoms with Gasteiger partial charge in [0, 0.05) is 30.0 Å². The van der Waals surface area contributed by atoms with Crippen molar-refractivity contribution >= 4 is 29.3 Å². The number of aryl methyl sites for hydroxylation is 1. The van der Waals surface area contributed by atoms with Crippen LogP contribution in [0.25, 0.3) is 0 Å². The van der Waals surface area contributed by atoms with Crippen molar-refractivity contribution in [3.8, 4) is 0 Å². The highest BCUT2D eigenvalue weighted by molar-refractivity contribution is 8.07. The Labute approximate surface area is 98.0 Å². The Morgan fingerprint density at radius 2 is 2.27 bits per heavy atom. The van der Waals surface area contributed by atoms with Gasteiger partial charge in [0.05, 0.1) is 17.0 Å². The first-order valence-corrected chi connectivity index (χ1v) is 7.04. The molecule has 0 bridgehead atoms. The molecule has 82 valence electrons. The number of Topliss-reactive ketones (excluding diaryl/α,β-unsaturated/α-hetero) is 1. The van der Waals surface area contributed by atoms with E-state index in [1.54, 1.807) is 28.8 Å². The van der Waals surface area contributed by atoms with Gasteiger partial charge in [-0.15, -0.1) is 11.8 Å². The molecular weight excluding hydrogens is 228 g/mol. The van der Waals surface area contributed by atoms with E-state index in [2.05, 4.69) is 12.0 Å². The van der Waals surface area contributed by atoms with E-state index in [1.807, 2.05) is 18.8 Å². The van der Waals surface area contributed by atoms with Crippen molar-refractivity contribution in [1.82, 2.24) is 9.78 Å². The van der Waals surface area contributed by atoms with E-state index in [0.29, 0.717) is 5.25 Å². The summed E-state index contributed by atoms with van der Waals surface area (Å²) in [4.78, 5) is 12.1. The summed E-state index contributed by atoms with van der Waals surface area (Å²) in [6.45, 7) is 2.13. The summed E-state index contributed by atoms with van der Waals surface area (Å²) in [6.07, 6.45) is 3.46. The summed E-state index contributed by atoms with van der Waals surface area (Å²) < 4.78 is 1.68. The molecule has 5 heteroatoms. The second-order valence-electron chi connectivity index (χ2n) is 3.63. The van der Waals surface area contributed by atoms with E-state index < -0.39 is 0 Å². The molecule has 0 spiro atoms. The Kier molecular flexibility index (Phi) is 3.41. The normalized spacial score (nSPS) is 26.5. The quantitative estimate of drug-likeness (QED) is 0.741. The fraction of sp³-hybridized carbons (Fsp3) is 0.600. The van der Waals surface area contributed by atoms with Gasteiger partial charge in [-0.3, -0.25) is 9.48 Å². The van der Waals surface area contributed by atoms with E-state index in [4.69, 9.17) is 0 Å². The maximum absolute atomic E-state index is 12.1. The van der Waals surface area contributed by atoms with Crippen LogP contribution >= 0.6 is 23.5 Å². The molecule has 2 atom stereocenters. The predicted molar refractivity (Wildman–Crippen MR) is 65.7 cm³/mol. The van der Waals surface area contributed by atoms with Crippen molar-refractivity contribution in [1.29, 1.82) is 0 Å². The molecule has 0 amide bonds. The lowest BCUT2D eigenvalue weighted by Crippen LogP contribution is -2.30. The summed E-state index contributed by atoms with van der Waals surface area (Å²) in [6, 6.07) is 0. The maximum Gasteiger partial charge on any atom is 0.180 e. The third-order valence-electron chi connectivity index (χ3n) is 2.44. The van der Waals surface area contributed by atoms with Gasteiger partial charge < -0.3 is 0 Å². The Balaban J connectivity index is 2.13. The average molecular weight is 242 g/mol. The number of rotatable bonds is 2. The third-order valence-corrected chi connectivity index (χ3v) is 5.53. The van der Waals surface area contributed by atoms with Crippen LogP contribution in [0.3, 0.4) is 0 Å². The topological polar surface area (TPSA) is 34.9 Å². The van der Waals surface area contributed by atoms with Gasteiger partial charge in [-0.2, -0.15) is 16.9 Å². The Hall–Kier alpha value is -0.420. The van der Waals surface area contributed by atoms with Crippen molar-refractivity contribution in [2.24, 2.45) is 7.05 Å². The van der Waals surface area contributed by atoms with Crippen LogP contribution in [0.1, 0.15) is 17.3 Å². The summed E-state index contributed by atoms with van der Waals surface area (Å²) in [5.41, 5.74) is 0.740. The summed E-state index contributed by atoms with van der Waals surface area (Å²) in [5.74, 6) is 2.46. The van der Waals surface area contributed by atoms with Crippen molar-refractivity contribution in [2.75, 3.05) is 11.5 Å². The zero-order valence-corrected chi connectivity index (χ0v) is 10.5. The molecule has 2 unspecified atom stereocenters. The van der Waals surface area contributed by atoms with Crippen LogP contribution in [0.2, 0.25) is 0 Å². The smallest absolute Gasteiger partial charge is 0.180 e. The zero-order valence-electron chi connectivity index (χ0n) is 8.84. The Morgan fingerprint density at radius 1 is 1.53 bits per heavy atom. The van der Waals surface area contributed by atoms with Crippen LogP contribution in [-0.2, 0) is 7.05 Å². The molecule has 2 heterocycles. The number of ketones is 1. The number of aromatic nitrogens is 2. The van der Waals surface area contributed by atoms with E-state index in [0.717, 1.165) is 17.1 Å². The average Bonchev–Trinajstić information content (AvgIpc) is 2.65. The molecule has 0 aromatic carbocycles. The first-order chi connectivity index (χ1) is 7.18. The number of carbonyl (C=O) groups is 1. The Morgan fingerprint density at radius 3 is 2.87 bits per heavy atom. The third kappa shape index (κ3) is 2.39. The molecule has 0 N–H and O–H groups in total. The number of hydrogen-bond acceptors (Lipinski definition) is 4. The molecule has 1 fully saturated rings. The lowest BCUT2D eigenvalue weighted by molar-refractivity contribution is 0.0989. The van der Waals surface area contributed by atoms with E-state index in [1.165, 1.54) is 0 Å². The lowest BCUT2D eigenvalue weighted by Gasteiger charge is -2.26. The molecule has 1 saturated heterocycles. The van der Waals surface area contributed by atoms with Gasteiger partial charge >= 0.3 is 0 Å². The van der Waals surface area contributed by atoms with Gasteiger partial charge in [0.2, 0.25) is 0 Å². The fourth-order valence-electron chi connectivity index (χ4n) is 1.63. The standard InChI is InChI=1S/C10H14N2OS2/c1-7-10(15-4-3-14-7)9(13)8-5-11-12(2)6-8/h5-7,10H,3-4H2,1-2H3. The van der Waals surface area contributed by atoms with Crippen molar-refractivity contribution in [2.45, 2.75) is 17.4 Å². The number of hydrogen-bond donors (Lipinski definition) is 0. The van der Waals surface area contributed by atoms with Crippen molar-refractivity contribution in [3.05, 3.63) is 18.0 Å². The number of carbonyl (C=O) groups excluding carboxylic acids is 1. The first kappa shape index (κ1) is 11.1. The molecule has 0 saturated carbocycles. The molecule has 3 nitrogen and oxygen atoms in total. The summed E-state index contributed by atoms with van der Waals surface area (Å²) in [7, 11) is 1.84. The zero-order chi connectivity index (χ0) is 10.8. The van der Waals surface area contributed by atoms with E-state index in [-0.39, 0.29) is 11.0 Å². The minimum absolute atomic E-state index is 0.105. The van der Waals surface area contributed by atoms with Gasteiger partial charge in [0.25, 0.3) is 0 Å². The molecule has 1 aliphatic rings. The minimum atomic E-state index is 0.105. The lowest BCUT2D eigenvalue weighted by atomic mass is 10.1. The van der Waals surface area contributed by atoms with Gasteiger partial charge in [0.1, 0.15) is 0 Å². The van der Waals surface area contributed by atoms with Crippen LogP contribution < -0.4 is 0 Å². The van der Waals surface area contributed by atoms with E-state index >= 15 is 0 Å². The number of nitrogens with zero attached hydrogens (tertiary/aromatic N) is 2. The van der Waals surface area contributed by atoms with Gasteiger partial charge in [-0.25, -0.2) is 0 Å². The highest BCUT2D eigenvalue weighted by Gasteiger charge is 2.30. The monoisotopic (exact) mass is 242 g/mol. The molecule has 1 aromatic heterocycles. The maximum atomic E-state index is 12.1. The second kappa shape index (κ2) is 4.61. The van der Waals surface area contributed by atoms with Gasteiger partial charge in [-0.05, 0) is 0 Å². The van der Waals surface area contributed by atoms with Crippen LogP contribution in [-0.4, -0.2) is 37.6 Å². The first-order valence-electron chi connectivity index (χ1n) is 4.94. The predicted octanol–water partition coefficient (Wildman–Crippen LogP) is 1.84. The van der Waals surface area contributed by atoms with E-state index in [9.17, 15) is 4.79 Å². The van der Waals surface area contributed by atoms with Gasteiger partial charge in [-0.1, -0.05) is 6.92 Å². The SMILES string of the molecule is CC1SCCSC1C(=O)c1cnn(C)c1. The van der Waals surface area contributed by atoms with Crippen LogP contribution in [0.15, 0.2) is 12.4 Å². The van der Waals surface area contributed by atoms with Crippen LogP contribution in [0.4, 0.5) is 0 Å². The second-order valence-corrected chi connectivity index (χ2v) is 6.37. The Bertz CT molecular complexity index is 364. The fourth-order valence-corrected chi connectivity index (χ4v) is 4.36. The highest BCUT2D eigenvalue weighted by Crippen LogP contribution is 2.32. The van der Waals surface area contributed by atoms with Crippen molar-refractivity contribution < 1.29 is 4.79 Å². The summed E-state index contributed by atoms with van der Waals surface area (Å²) in [5, 5.41) is 4.56. The molecule has 2 rings (SSSR count). The highest BCUT2D eigenvalue weighted by atomic mass is 32.2. The van der Waals surface area contributed by atoms with Gasteiger partial charge in [0.15, 0.2) is 5.78 Å². The summed E-state index contributed by atoms with van der Waals surface area (Å²) >= 11 is 3.66. The molecule has 0 aliphatic carbocycles. The van der Waals surface area contributed by atoms with Crippen molar-refractivity contribution in [3.63, 3.8) is 0 Å². The largest absolute Gasteiger partial charge is 0.293 e. The molecule has 0 radical (unpaired) electrons. The molecule has 15 heavy (non-hydrogen) atoms. The van der Waals surface area contributed by atoms with Crippen LogP contribution in [0, 0.1) is 0 Å². The molecule has 1 aromatic rings. The van der Waals surface area contributed by atoms with Crippen LogP contribution in [0.5, 0.6) is 0 Å².